The lowest BCUT2D eigenvalue weighted by atomic mass is 10.1. The van der Waals surface area contributed by atoms with Gasteiger partial charge in [-0.05, 0) is 39.1 Å². The van der Waals surface area contributed by atoms with Crippen LogP contribution in [0.25, 0.3) is 0 Å². The predicted molar refractivity (Wildman–Crippen MR) is 93.9 cm³/mol. The Morgan fingerprint density at radius 1 is 1.29 bits per heavy atom. The van der Waals surface area contributed by atoms with E-state index in [1.807, 2.05) is 19.0 Å². The number of nitrogens with one attached hydrogen (secondary N) is 1. The number of phenolic OH excluding ortho intramolecular Hbond substituents is 1. The van der Waals surface area contributed by atoms with Gasteiger partial charge in [0.05, 0.1) is 0 Å². The van der Waals surface area contributed by atoms with Crippen LogP contribution >= 0.6 is 0 Å². The van der Waals surface area contributed by atoms with Crippen LogP contribution < -0.4 is 5.32 Å². The molecule has 0 saturated carbocycles. The molecule has 6 nitrogen and oxygen atoms in total. The summed E-state index contributed by atoms with van der Waals surface area (Å²) in [6, 6.07) is 6.78. The first-order chi connectivity index (χ1) is 11.5. The molecular formula is C18H27N3O3. The van der Waals surface area contributed by atoms with Gasteiger partial charge in [-0.25, -0.2) is 0 Å². The molecule has 2 N–H and O–H groups in total. The second-order valence-electron chi connectivity index (χ2n) is 6.55. The standard InChI is InChI=1S/C18H27N3O3/c1-20(2)15-7-3-4-11-21(13-15)18(24)10-9-17(23)19-14-6-5-8-16(22)12-14/h5-6,8,12,15,22H,3-4,7,9-11,13H2,1-2H3,(H,19,23)/t15-/m0/s1. The summed E-state index contributed by atoms with van der Waals surface area (Å²) >= 11 is 0. The molecule has 1 fully saturated rings. The van der Waals surface area contributed by atoms with Crippen LogP contribution in [0, 0.1) is 0 Å². The Balaban J connectivity index is 1.82. The van der Waals surface area contributed by atoms with Gasteiger partial charge < -0.3 is 20.2 Å². The molecular weight excluding hydrogens is 306 g/mol. The third kappa shape index (κ3) is 5.53. The number of anilines is 1. The Morgan fingerprint density at radius 3 is 2.79 bits per heavy atom. The molecule has 1 aromatic carbocycles. The van der Waals surface area contributed by atoms with Crippen LogP contribution in [0.3, 0.4) is 0 Å². The molecule has 1 atom stereocenters. The van der Waals surface area contributed by atoms with E-state index in [2.05, 4.69) is 10.2 Å². The number of likely N-dealkylation sites (tertiary alicyclic amines) is 1. The van der Waals surface area contributed by atoms with Gasteiger partial charge in [-0.2, -0.15) is 0 Å². The largest absolute Gasteiger partial charge is 0.508 e. The smallest absolute Gasteiger partial charge is 0.224 e. The van der Waals surface area contributed by atoms with Crippen LogP contribution in [0.2, 0.25) is 0 Å². The summed E-state index contributed by atoms with van der Waals surface area (Å²) in [5.74, 6) is -0.0779. The number of likely N-dealkylation sites (N-methyl/N-ethyl adjacent to an activating group) is 1. The molecule has 132 valence electrons. The van der Waals surface area contributed by atoms with Crippen molar-refractivity contribution in [2.45, 2.75) is 38.1 Å². The second kappa shape index (κ2) is 8.68. The first kappa shape index (κ1) is 18.3. The van der Waals surface area contributed by atoms with E-state index >= 15 is 0 Å². The van der Waals surface area contributed by atoms with Crippen molar-refractivity contribution in [1.29, 1.82) is 0 Å². The van der Waals surface area contributed by atoms with Crippen molar-refractivity contribution in [1.82, 2.24) is 9.80 Å². The number of nitrogens with zero attached hydrogens (tertiary/aromatic N) is 2. The van der Waals surface area contributed by atoms with Gasteiger partial charge in [0.1, 0.15) is 5.75 Å². The van der Waals surface area contributed by atoms with E-state index in [1.54, 1.807) is 18.2 Å². The van der Waals surface area contributed by atoms with Crippen LogP contribution in [0.15, 0.2) is 24.3 Å². The van der Waals surface area contributed by atoms with Crippen molar-refractivity contribution in [2.24, 2.45) is 0 Å². The third-order valence-electron chi connectivity index (χ3n) is 4.43. The average Bonchev–Trinajstić information content (AvgIpc) is 2.79. The van der Waals surface area contributed by atoms with E-state index in [0.717, 1.165) is 32.4 Å². The quantitative estimate of drug-likeness (QED) is 0.865. The van der Waals surface area contributed by atoms with Gasteiger partial charge in [0.2, 0.25) is 11.8 Å². The van der Waals surface area contributed by atoms with Crippen molar-refractivity contribution in [3.8, 4) is 5.75 Å². The van der Waals surface area contributed by atoms with Crippen molar-refractivity contribution in [3.05, 3.63) is 24.3 Å². The highest BCUT2D eigenvalue weighted by atomic mass is 16.3. The molecule has 2 amide bonds. The number of rotatable bonds is 5. The molecule has 0 radical (unpaired) electrons. The van der Waals surface area contributed by atoms with Gasteiger partial charge in [-0.3, -0.25) is 9.59 Å². The zero-order valence-corrected chi connectivity index (χ0v) is 14.5. The van der Waals surface area contributed by atoms with E-state index in [9.17, 15) is 14.7 Å². The van der Waals surface area contributed by atoms with Crippen LogP contribution in [0.1, 0.15) is 32.1 Å². The van der Waals surface area contributed by atoms with E-state index in [-0.39, 0.29) is 30.4 Å². The van der Waals surface area contributed by atoms with Crippen LogP contribution in [0.5, 0.6) is 5.75 Å². The Hall–Kier alpha value is -2.08. The molecule has 0 aromatic heterocycles. The molecule has 1 aliphatic heterocycles. The fourth-order valence-corrected chi connectivity index (χ4v) is 2.95. The first-order valence-corrected chi connectivity index (χ1v) is 8.49. The Labute approximate surface area is 143 Å². The highest BCUT2D eigenvalue weighted by Gasteiger charge is 2.23. The van der Waals surface area contributed by atoms with Crippen molar-refractivity contribution in [2.75, 3.05) is 32.5 Å². The summed E-state index contributed by atoms with van der Waals surface area (Å²) in [7, 11) is 4.09. The minimum Gasteiger partial charge on any atom is -0.508 e. The van der Waals surface area contributed by atoms with E-state index in [0.29, 0.717) is 11.7 Å². The fourth-order valence-electron chi connectivity index (χ4n) is 2.95. The molecule has 1 aromatic rings. The highest BCUT2D eigenvalue weighted by Crippen LogP contribution is 2.17. The van der Waals surface area contributed by atoms with Gasteiger partial charge >= 0.3 is 0 Å². The summed E-state index contributed by atoms with van der Waals surface area (Å²) in [6.07, 6.45) is 3.62. The minimum atomic E-state index is -0.215. The van der Waals surface area contributed by atoms with Crippen molar-refractivity contribution < 1.29 is 14.7 Å². The summed E-state index contributed by atoms with van der Waals surface area (Å²) in [4.78, 5) is 28.5. The van der Waals surface area contributed by atoms with E-state index in [1.165, 1.54) is 6.07 Å². The maximum absolute atomic E-state index is 12.4. The Kier molecular flexibility index (Phi) is 6.61. The van der Waals surface area contributed by atoms with Gasteiger partial charge in [-0.15, -0.1) is 0 Å². The van der Waals surface area contributed by atoms with Crippen LogP contribution in [0.4, 0.5) is 5.69 Å². The molecule has 1 aliphatic rings. The number of amides is 2. The number of hydrogen-bond donors (Lipinski definition) is 2. The number of phenols is 1. The topological polar surface area (TPSA) is 72.9 Å². The lowest BCUT2D eigenvalue weighted by Crippen LogP contribution is -2.42. The maximum atomic E-state index is 12.4. The number of hydrogen-bond acceptors (Lipinski definition) is 4. The molecule has 0 bridgehead atoms. The number of aromatic hydroxyl groups is 1. The summed E-state index contributed by atoms with van der Waals surface area (Å²) < 4.78 is 0. The summed E-state index contributed by atoms with van der Waals surface area (Å²) in [6.45, 7) is 1.51. The third-order valence-corrected chi connectivity index (χ3v) is 4.43. The molecule has 24 heavy (non-hydrogen) atoms. The van der Waals surface area contributed by atoms with Gasteiger partial charge in [0.25, 0.3) is 0 Å². The van der Waals surface area contributed by atoms with E-state index < -0.39 is 0 Å². The molecule has 0 aliphatic carbocycles. The van der Waals surface area contributed by atoms with Crippen LogP contribution in [-0.2, 0) is 9.59 Å². The second-order valence-corrected chi connectivity index (χ2v) is 6.55. The van der Waals surface area contributed by atoms with Gasteiger partial charge in [0.15, 0.2) is 0 Å². The Morgan fingerprint density at radius 2 is 2.08 bits per heavy atom. The minimum absolute atomic E-state index is 0.0369. The Bertz CT molecular complexity index is 574. The first-order valence-electron chi connectivity index (χ1n) is 8.49. The normalized spacial score (nSPS) is 18.3. The summed E-state index contributed by atoms with van der Waals surface area (Å²) in [5.41, 5.74) is 0.537. The number of carbonyl (C=O) groups is 2. The molecule has 0 unspecified atom stereocenters. The van der Waals surface area contributed by atoms with Gasteiger partial charge in [0, 0.05) is 43.7 Å². The maximum Gasteiger partial charge on any atom is 0.224 e. The SMILES string of the molecule is CN(C)[C@H]1CCCCN(C(=O)CCC(=O)Nc2cccc(O)c2)C1. The van der Waals surface area contributed by atoms with E-state index in [4.69, 9.17) is 0 Å². The lowest BCUT2D eigenvalue weighted by Gasteiger charge is -2.28. The zero-order chi connectivity index (χ0) is 17.5. The monoisotopic (exact) mass is 333 g/mol. The number of carbonyl (C=O) groups excluding carboxylic acids is 2. The predicted octanol–water partition coefficient (Wildman–Crippen LogP) is 2.05. The average molecular weight is 333 g/mol. The molecule has 6 heteroatoms. The fraction of sp³-hybridized carbons (Fsp3) is 0.556. The van der Waals surface area contributed by atoms with Crippen molar-refractivity contribution in [3.63, 3.8) is 0 Å². The lowest BCUT2D eigenvalue weighted by molar-refractivity contribution is -0.133. The van der Waals surface area contributed by atoms with Crippen LogP contribution in [-0.4, -0.2) is 59.9 Å². The van der Waals surface area contributed by atoms with Crippen molar-refractivity contribution >= 4 is 17.5 Å². The highest BCUT2D eigenvalue weighted by molar-refractivity contribution is 5.93. The molecule has 1 saturated heterocycles. The van der Waals surface area contributed by atoms with Gasteiger partial charge in [-0.1, -0.05) is 12.5 Å². The molecule has 0 spiro atoms. The summed E-state index contributed by atoms with van der Waals surface area (Å²) in [5, 5.41) is 12.1. The number of benzene rings is 1. The molecule has 2 rings (SSSR count). The zero-order valence-electron chi connectivity index (χ0n) is 14.5. The molecule has 1 heterocycles.